The smallest absolute Gasteiger partial charge is 0.309 e. The van der Waals surface area contributed by atoms with E-state index in [0.29, 0.717) is 6.61 Å². The number of rotatable bonds is 47. The highest BCUT2D eigenvalue weighted by molar-refractivity contribution is 6.76. The maximum absolute atomic E-state index is 14.3. The monoisotopic (exact) mass is 968 g/mol. The van der Waals surface area contributed by atoms with E-state index in [4.69, 9.17) is 23.7 Å². The van der Waals surface area contributed by atoms with Crippen molar-refractivity contribution in [1.82, 2.24) is 5.32 Å². The molecule has 0 aromatic heterocycles. The van der Waals surface area contributed by atoms with Crippen LogP contribution in [-0.4, -0.2) is 88.1 Å². The van der Waals surface area contributed by atoms with Gasteiger partial charge in [0.2, 0.25) is 5.91 Å². The zero-order valence-corrected chi connectivity index (χ0v) is 46.0. The summed E-state index contributed by atoms with van der Waals surface area (Å²) >= 11 is 0. The number of carbonyl (C=O) groups is 3. The minimum atomic E-state index is -1.29. The lowest BCUT2D eigenvalue weighted by Crippen LogP contribution is -2.62. The maximum Gasteiger partial charge on any atom is 0.309 e. The minimum Gasteiger partial charge on any atom is -0.463 e. The van der Waals surface area contributed by atoms with Gasteiger partial charge in [-0.15, -0.1) is 0 Å². The fourth-order valence-corrected chi connectivity index (χ4v) is 9.95. The molecule has 10 nitrogen and oxygen atoms in total. The van der Waals surface area contributed by atoms with Gasteiger partial charge in [0.25, 0.3) is 0 Å². The second-order valence-corrected chi connectivity index (χ2v) is 27.2. The van der Waals surface area contributed by atoms with E-state index in [9.17, 15) is 19.5 Å². The summed E-state index contributed by atoms with van der Waals surface area (Å²) in [5, 5.41) is 14.8. The minimum absolute atomic E-state index is 0.0120. The SMILES string of the molecule is CCCCCCCCCCCCCCC(CCCCCCCCCCCC)C(=O)O[C@H]1[C@H](O)[C@@H](COC(C)=O)OC[C@@H]1NC(=O)C[C@@H](CCCCCCCCCCC)OCOCC[Si](C)(C)C. The van der Waals surface area contributed by atoms with Crippen molar-refractivity contribution in [2.45, 2.75) is 309 Å². The molecule has 6 atom stereocenters. The summed E-state index contributed by atoms with van der Waals surface area (Å²) in [7, 11) is -1.25. The molecule has 1 amide bonds. The van der Waals surface area contributed by atoms with Gasteiger partial charge < -0.3 is 34.1 Å². The maximum atomic E-state index is 14.3. The normalized spacial score (nSPS) is 18.4. The van der Waals surface area contributed by atoms with Gasteiger partial charge in [0, 0.05) is 21.6 Å². The summed E-state index contributed by atoms with van der Waals surface area (Å²) in [5.41, 5.74) is 0. The van der Waals surface area contributed by atoms with Gasteiger partial charge in [0.05, 0.1) is 31.1 Å². The number of hydrogen-bond donors (Lipinski definition) is 2. The number of amides is 1. The Labute approximate surface area is 414 Å². The molecule has 67 heavy (non-hydrogen) atoms. The summed E-state index contributed by atoms with van der Waals surface area (Å²) in [4.78, 5) is 39.9. The van der Waals surface area contributed by atoms with Crippen LogP contribution in [0.5, 0.6) is 0 Å². The Morgan fingerprint density at radius 2 is 1.04 bits per heavy atom. The standard InChI is InChI=1S/C56H109NO9Si/c1-8-11-14-17-20-23-25-26-29-31-34-37-40-49(39-36-33-30-28-24-21-18-15-12-9-2)56(61)66-55-51(45-64-52(54(55)60)46-63-48(4)58)57-53(59)44-50(65-47-62-42-43-67(5,6)7)41-38-35-32-27-22-19-16-13-10-3/h49-52,54-55,60H,8-47H2,1-7H3,(H,57,59)/t49?,50-,51+,52-,54-,55-/m1/s1. The van der Waals surface area contributed by atoms with E-state index in [1.807, 2.05) is 0 Å². The Morgan fingerprint density at radius 3 is 1.46 bits per heavy atom. The highest BCUT2D eigenvalue weighted by Gasteiger charge is 2.44. The third-order valence-electron chi connectivity index (χ3n) is 13.7. The summed E-state index contributed by atoms with van der Waals surface area (Å²) in [6.07, 6.45) is 37.1. The molecular formula is C56H109NO9Si. The molecule has 1 saturated heterocycles. The first kappa shape index (κ1) is 63.5. The predicted octanol–water partition coefficient (Wildman–Crippen LogP) is 14.7. The van der Waals surface area contributed by atoms with E-state index >= 15 is 0 Å². The third-order valence-corrected chi connectivity index (χ3v) is 15.4. The molecule has 396 valence electrons. The molecule has 1 heterocycles. The van der Waals surface area contributed by atoms with Crippen molar-refractivity contribution in [3.05, 3.63) is 0 Å². The second kappa shape index (κ2) is 43.3. The number of unbranched alkanes of at least 4 members (excludes halogenated alkanes) is 28. The molecule has 1 aliphatic heterocycles. The molecule has 1 unspecified atom stereocenters. The van der Waals surface area contributed by atoms with Gasteiger partial charge in [-0.25, -0.2) is 0 Å². The lowest BCUT2D eigenvalue weighted by atomic mass is 9.93. The van der Waals surface area contributed by atoms with Crippen LogP contribution in [-0.2, 0) is 38.1 Å². The third kappa shape index (κ3) is 37.0. The number of esters is 2. The highest BCUT2D eigenvalue weighted by Crippen LogP contribution is 2.26. The van der Waals surface area contributed by atoms with Gasteiger partial charge >= 0.3 is 11.9 Å². The van der Waals surface area contributed by atoms with Crippen LogP contribution in [0.15, 0.2) is 0 Å². The highest BCUT2D eigenvalue weighted by atomic mass is 28.3. The zero-order chi connectivity index (χ0) is 49.2. The molecule has 11 heteroatoms. The number of carbonyl (C=O) groups excluding carboxylic acids is 3. The van der Waals surface area contributed by atoms with Crippen LogP contribution in [0.3, 0.4) is 0 Å². The van der Waals surface area contributed by atoms with Crippen molar-refractivity contribution in [1.29, 1.82) is 0 Å². The van der Waals surface area contributed by atoms with E-state index in [1.165, 1.54) is 167 Å². The summed E-state index contributed by atoms with van der Waals surface area (Å²) in [5.74, 6) is -1.34. The molecule has 0 bridgehead atoms. The van der Waals surface area contributed by atoms with Gasteiger partial charge in [-0.05, 0) is 25.3 Å². The number of hydrogen-bond acceptors (Lipinski definition) is 9. The first-order chi connectivity index (χ1) is 32.4. The quantitative estimate of drug-likeness (QED) is 0.0265. The van der Waals surface area contributed by atoms with Crippen LogP contribution in [0, 0.1) is 5.92 Å². The van der Waals surface area contributed by atoms with Crippen LogP contribution >= 0.6 is 0 Å². The molecule has 0 aromatic carbocycles. The molecule has 0 saturated carbocycles. The fraction of sp³-hybridized carbons (Fsp3) is 0.946. The first-order valence-electron chi connectivity index (χ1n) is 28.5. The average Bonchev–Trinajstić information content (AvgIpc) is 3.28. The van der Waals surface area contributed by atoms with Crippen molar-refractivity contribution in [3.63, 3.8) is 0 Å². The van der Waals surface area contributed by atoms with E-state index in [1.54, 1.807) is 0 Å². The van der Waals surface area contributed by atoms with Gasteiger partial charge in [-0.2, -0.15) is 0 Å². The molecule has 0 aromatic rings. The van der Waals surface area contributed by atoms with E-state index in [-0.39, 0.29) is 50.3 Å². The molecule has 0 radical (unpaired) electrons. The Kier molecular flexibility index (Phi) is 41.0. The van der Waals surface area contributed by atoms with Gasteiger partial charge in [-0.3, -0.25) is 14.4 Å². The predicted molar refractivity (Wildman–Crippen MR) is 280 cm³/mol. The van der Waals surface area contributed by atoms with Crippen molar-refractivity contribution in [2.24, 2.45) is 5.92 Å². The molecule has 0 aliphatic carbocycles. The van der Waals surface area contributed by atoms with Gasteiger partial charge in [-0.1, -0.05) is 239 Å². The lowest BCUT2D eigenvalue weighted by molar-refractivity contribution is -0.198. The van der Waals surface area contributed by atoms with Crippen LogP contribution in [0.4, 0.5) is 0 Å². The number of ether oxygens (including phenoxy) is 5. The molecule has 0 spiro atoms. The van der Waals surface area contributed by atoms with Crippen molar-refractivity contribution >= 4 is 25.9 Å². The Balaban J connectivity index is 2.99. The van der Waals surface area contributed by atoms with Crippen LogP contribution in [0.25, 0.3) is 0 Å². The Morgan fingerprint density at radius 1 is 0.627 bits per heavy atom. The van der Waals surface area contributed by atoms with E-state index < -0.39 is 38.4 Å². The lowest BCUT2D eigenvalue weighted by Gasteiger charge is -2.40. The topological polar surface area (TPSA) is 130 Å². The molecule has 1 fully saturated rings. The van der Waals surface area contributed by atoms with Gasteiger partial charge in [0.1, 0.15) is 25.6 Å². The van der Waals surface area contributed by atoms with Crippen LogP contribution in [0.1, 0.15) is 252 Å². The van der Waals surface area contributed by atoms with Crippen molar-refractivity contribution in [3.8, 4) is 0 Å². The molecule has 1 aliphatic rings. The zero-order valence-electron chi connectivity index (χ0n) is 45.0. The van der Waals surface area contributed by atoms with Gasteiger partial charge in [0.15, 0.2) is 6.10 Å². The molecule has 1 rings (SSSR count). The molecular weight excluding hydrogens is 859 g/mol. The van der Waals surface area contributed by atoms with Crippen molar-refractivity contribution in [2.75, 3.05) is 26.6 Å². The van der Waals surface area contributed by atoms with Crippen LogP contribution < -0.4 is 5.32 Å². The van der Waals surface area contributed by atoms with E-state index in [0.717, 1.165) is 63.8 Å². The Hall–Kier alpha value is -1.53. The number of aliphatic hydroxyl groups excluding tert-OH is 1. The number of nitrogens with one attached hydrogen (secondary N) is 1. The van der Waals surface area contributed by atoms with Crippen LogP contribution in [0.2, 0.25) is 25.7 Å². The Bertz CT molecular complexity index is 1170. The summed E-state index contributed by atoms with van der Waals surface area (Å²) in [6.45, 7) is 15.7. The average molecular weight is 969 g/mol. The van der Waals surface area contributed by atoms with Crippen molar-refractivity contribution < 1.29 is 43.2 Å². The first-order valence-corrected chi connectivity index (χ1v) is 32.2. The largest absolute Gasteiger partial charge is 0.463 e. The second-order valence-electron chi connectivity index (χ2n) is 21.5. The van der Waals surface area contributed by atoms with E-state index in [2.05, 4.69) is 45.7 Å². The fourth-order valence-electron chi connectivity index (χ4n) is 9.19. The molecule has 2 N–H and O–H groups in total. The summed E-state index contributed by atoms with van der Waals surface area (Å²) < 4.78 is 29.6. The summed E-state index contributed by atoms with van der Waals surface area (Å²) in [6, 6.07) is 0.271. The number of aliphatic hydroxyl groups is 1.